The number of hydrogen-bond acceptors (Lipinski definition) is 2. The molecule has 3 N–H and O–H groups in total. The topological polar surface area (TPSA) is 70.2 Å². The first kappa shape index (κ1) is 13.4. The number of urea groups is 1. The van der Waals surface area contributed by atoms with Gasteiger partial charge in [-0.2, -0.15) is 0 Å². The largest absolute Gasteiger partial charge is 0.333 e. The van der Waals surface area contributed by atoms with E-state index in [-0.39, 0.29) is 17.5 Å². The van der Waals surface area contributed by atoms with Crippen molar-refractivity contribution in [2.75, 3.05) is 10.6 Å². The number of nitrogens with one attached hydrogen (secondary N) is 3. The van der Waals surface area contributed by atoms with Crippen molar-refractivity contribution >= 4 is 23.3 Å². The van der Waals surface area contributed by atoms with Gasteiger partial charge in [-0.15, -0.1) is 0 Å². The maximum atomic E-state index is 11.8. The zero-order valence-corrected chi connectivity index (χ0v) is 11.5. The summed E-state index contributed by atoms with van der Waals surface area (Å²) in [7, 11) is 0. The minimum atomic E-state index is -0.272. The second kappa shape index (κ2) is 4.91. The van der Waals surface area contributed by atoms with Gasteiger partial charge in [-0.3, -0.25) is 4.79 Å². The highest BCUT2D eigenvalue weighted by Crippen LogP contribution is 2.25. The Morgan fingerprint density at radius 3 is 2.68 bits per heavy atom. The number of fused-ring (bicyclic) bond motifs is 1. The molecule has 0 radical (unpaired) electrons. The molecular weight excluding hydrogens is 242 g/mol. The highest BCUT2D eigenvalue weighted by atomic mass is 16.2. The van der Waals surface area contributed by atoms with Gasteiger partial charge in [0.15, 0.2) is 0 Å². The molecule has 0 atom stereocenters. The van der Waals surface area contributed by atoms with Gasteiger partial charge in [-0.1, -0.05) is 0 Å². The third-order valence-electron chi connectivity index (χ3n) is 2.75. The van der Waals surface area contributed by atoms with Crippen molar-refractivity contribution in [2.24, 2.45) is 0 Å². The number of amides is 3. The summed E-state index contributed by atoms with van der Waals surface area (Å²) >= 11 is 0. The molecule has 5 heteroatoms. The van der Waals surface area contributed by atoms with Gasteiger partial charge in [-0.25, -0.2) is 4.79 Å². The summed E-state index contributed by atoms with van der Waals surface area (Å²) in [6.45, 7) is 5.78. The number of anilines is 2. The average Bonchev–Trinajstić information content (AvgIpc) is 2.26. The predicted octanol–water partition coefficient (Wildman–Crippen LogP) is 2.49. The van der Waals surface area contributed by atoms with Crippen LogP contribution in [0.2, 0.25) is 0 Å². The molecule has 0 saturated heterocycles. The average molecular weight is 261 g/mol. The van der Waals surface area contributed by atoms with Crippen molar-refractivity contribution < 1.29 is 9.59 Å². The molecule has 5 nitrogen and oxygen atoms in total. The van der Waals surface area contributed by atoms with Gasteiger partial charge in [0.25, 0.3) is 0 Å². The molecule has 19 heavy (non-hydrogen) atoms. The summed E-state index contributed by atoms with van der Waals surface area (Å²) in [5.41, 5.74) is 2.34. The van der Waals surface area contributed by atoms with Crippen molar-refractivity contribution in [3.8, 4) is 0 Å². The first-order chi connectivity index (χ1) is 8.83. The monoisotopic (exact) mass is 261 g/mol. The lowest BCUT2D eigenvalue weighted by Gasteiger charge is -2.22. The van der Waals surface area contributed by atoms with Gasteiger partial charge in [0.2, 0.25) is 5.91 Å². The Morgan fingerprint density at radius 2 is 2.00 bits per heavy atom. The van der Waals surface area contributed by atoms with E-state index in [1.165, 1.54) is 0 Å². The molecular formula is C14H19N3O2. The van der Waals surface area contributed by atoms with E-state index in [1.807, 2.05) is 32.9 Å². The van der Waals surface area contributed by atoms with Gasteiger partial charge in [0.05, 0.1) is 0 Å². The molecule has 1 heterocycles. The zero-order valence-electron chi connectivity index (χ0n) is 11.5. The van der Waals surface area contributed by atoms with Crippen molar-refractivity contribution in [3.63, 3.8) is 0 Å². The first-order valence-corrected chi connectivity index (χ1v) is 6.35. The van der Waals surface area contributed by atoms with Gasteiger partial charge >= 0.3 is 6.03 Å². The number of hydrogen-bond donors (Lipinski definition) is 3. The molecule has 0 spiro atoms. The number of aryl methyl sites for hydroxylation is 1. The first-order valence-electron chi connectivity index (χ1n) is 6.35. The maximum absolute atomic E-state index is 11.8. The molecule has 0 fully saturated rings. The Hall–Kier alpha value is -2.04. The van der Waals surface area contributed by atoms with Crippen LogP contribution in [0.3, 0.4) is 0 Å². The highest BCUT2D eigenvalue weighted by Gasteiger charge is 2.16. The molecule has 102 valence electrons. The van der Waals surface area contributed by atoms with Crippen molar-refractivity contribution in [1.82, 2.24) is 5.32 Å². The van der Waals surface area contributed by atoms with E-state index < -0.39 is 0 Å². The quantitative estimate of drug-likeness (QED) is 0.727. The molecule has 0 unspecified atom stereocenters. The molecule has 0 aliphatic carbocycles. The standard InChI is InChI=1S/C14H19N3O2/c1-14(2,3)17-13(19)15-10-5-6-11-9(8-10)4-7-12(18)16-11/h5-6,8H,4,7H2,1-3H3,(H,16,18)(H2,15,17,19). The van der Waals surface area contributed by atoms with E-state index in [9.17, 15) is 9.59 Å². The molecule has 1 aliphatic heterocycles. The van der Waals surface area contributed by atoms with Gasteiger partial charge in [0.1, 0.15) is 0 Å². The molecule has 1 aliphatic rings. The predicted molar refractivity (Wildman–Crippen MR) is 75.3 cm³/mol. The lowest BCUT2D eigenvalue weighted by Crippen LogP contribution is -2.43. The number of carbonyl (C=O) groups is 2. The minimum absolute atomic E-state index is 0.0404. The molecule has 0 bridgehead atoms. The van der Waals surface area contributed by atoms with E-state index >= 15 is 0 Å². The number of carbonyl (C=O) groups excluding carboxylic acids is 2. The van der Waals surface area contributed by atoms with Crippen LogP contribution in [-0.2, 0) is 11.2 Å². The Morgan fingerprint density at radius 1 is 1.26 bits per heavy atom. The van der Waals surface area contributed by atoms with Crippen LogP contribution >= 0.6 is 0 Å². The fraction of sp³-hybridized carbons (Fsp3) is 0.429. The lowest BCUT2D eigenvalue weighted by molar-refractivity contribution is -0.116. The van der Waals surface area contributed by atoms with Crippen LogP contribution in [-0.4, -0.2) is 17.5 Å². The highest BCUT2D eigenvalue weighted by molar-refractivity contribution is 5.95. The molecule has 2 rings (SSSR count). The van der Waals surface area contributed by atoms with E-state index in [1.54, 1.807) is 6.07 Å². The summed E-state index contributed by atoms with van der Waals surface area (Å²) in [6.07, 6.45) is 1.20. The van der Waals surface area contributed by atoms with E-state index in [0.29, 0.717) is 12.8 Å². The maximum Gasteiger partial charge on any atom is 0.319 e. The summed E-state index contributed by atoms with van der Waals surface area (Å²) in [4.78, 5) is 23.0. The molecule has 1 aromatic carbocycles. The Kier molecular flexibility index (Phi) is 3.46. The van der Waals surface area contributed by atoms with Crippen LogP contribution < -0.4 is 16.0 Å². The van der Waals surface area contributed by atoms with Crippen molar-refractivity contribution in [2.45, 2.75) is 39.2 Å². The van der Waals surface area contributed by atoms with Crippen molar-refractivity contribution in [1.29, 1.82) is 0 Å². The van der Waals surface area contributed by atoms with Crippen LogP contribution in [0.15, 0.2) is 18.2 Å². The van der Waals surface area contributed by atoms with E-state index in [0.717, 1.165) is 16.9 Å². The van der Waals surface area contributed by atoms with Crippen LogP contribution in [0.4, 0.5) is 16.2 Å². The third kappa shape index (κ3) is 3.71. The van der Waals surface area contributed by atoms with Gasteiger partial charge in [-0.05, 0) is 51.0 Å². The fourth-order valence-electron chi connectivity index (χ4n) is 1.96. The van der Waals surface area contributed by atoms with Crippen LogP contribution in [0.5, 0.6) is 0 Å². The number of benzene rings is 1. The summed E-state index contributed by atoms with van der Waals surface area (Å²) in [5, 5.41) is 8.44. The normalized spacial score (nSPS) is 14.4. The Bertz CT molecular complexity index is 518. The molecule has 0 saturated carbocycles. The SMILES string of the molecule is CC(C)(C)NC(=O)Nc1ccc2c(c1)CCC(=O)N2. The smallest absolute Gasteiger partial charge is 0.319 e. The van der Waals surface area contributed by atoms with Crippen LogP contribution in [0.1, 0.15) is 32.8 Å². The fourth-order valence-corrected chi connectivity index (χ4v) is 1.96. The van der Waals surface area contributed by atoms with Gasteiger partial charge < -0.3 is 16.0 Å². The minimum Gasteiger partial charge on any atom is -0.333 e. The lowest BCUT2D eigenvalue weighted by atomic mass is 10.0. The summed E-state index contributed by atoms with van der Waals surface area (Å²) in [6, 6.07) is 5.27. The van der Waals surface area contributed by atoms with Gasteiger partial charge in [0, 0.05) is 23.3 Å². The van der Waals surface area contributed by atoms with Crippen LogP contribution in [0.25, 0.3) is 0 Å². The summed E-state index contributed by atoms with van der Waals surface area (Å²) in [5.74, 6) is 0.0404. The molecule has 3 amide bonds. The summed E-state index contributed by atoms with van der Waals surface area (Å²) < 4.78 is 0. The molecule has 0 aromatic heterocycles. The van der Waals surface area contributed by atoms with Crippen molar-refractivity contribution in [3.05, 3.63) is 23.8 Å². The second-order valence-electron chi connectivity index (χ2n) is 5.75. The number of rotatable bonds is 1. The molecule has 1 aromatic rings. The van der Waals surface area contributed by atoms with Crippen LogP contribution in [0, 0.1) is 0 Å². The van der Waals surface area contributed by atoms with E-state index in [4.69, 9.17) is 0 Å². The Balaban J connectivity index is 2.06. The third-order valence-corrected chi connectivity index (χ3v) is 2.75. The Labute approximate surface area is 112 Å². The van der Waals surface area contributed by atoms with E-state index in [2.05, 4.69) is 16.0 Å². The second-order valence-corrected chi connectivity index (χ2v) is 5.75. The zero-order chi connectivity index (χ0) is 14.0.